The standard InChI is InChI=1S/C15H14FN3O3/c16-11-2-4-12(5-3-11)17-9-15(22)19-18-8-10-1-6-13(20)14(21)7-10/h1-8,17,20-21H,9H2,(H,19,22)/b18-8-. The second-order valence-corrected chi connectivity index (χ2v) is 4.40. The lowest BCUT2D eigenvalue weighted by Crippen LogP contribution is -2.25. The smallest absolute Gasteiger partial charge is 0.259 e. The van der Waals surface area contributed by atoms with Crippen molar-refractivity contribution < 1.29 is 19.4 Å². The van der Waals surface area contributed by atoms with Gasteiger partial charge in [0.15, 0.2) is 11.5 Å². The van der Waals surface area contributed by atoms with E-state index in [9.17, 15) is 14.3 Å². The molecule has 0 aliphatic heterocycles. The molecule has 0 spiro atoms. The number of nitrogens with one attached hydrogen (secondary N) is 2. The minimum Gasteiger partial charge on any atom is -0.504 e. The Labute approximate surface area is 125 Å². The van der Waals surface area contributed by atoms with Crippen LogP contribution in [0.3, 0.4) is 0 Å². The fourth-order valence-electron chi connectivity index (χ4n) is 1.59. The van der Waals surface area contributed by atoms with Gasteiger partial charge >= 0.3 is 0 Å². The van der Waals surface area contributed by atoms with Gasteiger partial charge in [0.05, 0.1) is 12.8 Å². The van der Waals surface area contributed by atoms with Crippen molar-refractivity contribution >= 4 is 17.8 Å². The summed E-state index contributed by atoms with van der Waals surface area (Å²) in [4.78, 5) is 11.5. The minimum absolute atomic E-state index is 0.0240. The van der Waals surface area contributed by atoms with Crippen LogP contribution in [0.4, 0.5) is 10.1 Å². The summed E-state index contributed by atoms with van der Waals surface area (Å²) in [6.45, 7) is -0.0240. The van der Waals surface area contributed by atoms with Crippen LogP contribution in [-0.4, -0.2) is 28.9 Å². The first-order chi connectivity index (χ1) is 10.5. The van der Waals surface area contributed by atoms with E-state index in [1.54, 1.807) is 0 Å². The van der Waals surface area contributed by atoms with Crippen molar-refractivity contribution in [2.24, 2.45) is 5.10 Å². The maximum atomic E-state index is 12.7. The van der Waals surface area contributed by atoms with Gasteiger partial charge in [-0.05, 0) is 48.0 Å². The van der Waals surface area contributed by atoms with Crippen LogP contribution in [0.25, 0.3) is 0 Å². The number of aromatic hydroxyl groups is 2. The first-order valence-electron chi connectivity index (χ1n) is 6.38. The van der Waals surface area contributed by atoms with Crippen LogP contribution in [0.2, 0.25) is 0 Å². The molecular weight excluding hydrogens is 289 g/mol. The molecule has 6 nitrogen and oxygen atoms in total. The molecule has 0 atom stereocenters. The number of halogens is 1. The minimum atomic E-state index is -0.386. The molecule has 114 valence electrons. The van der Waals surface area contributed by atoms with Crippen LogP contribution in [0.5, 0.6) is 11.5 Å². The summed E-state index contributed by atoms with van der Waals surface area (Å²) in [7, 11) is 0. The molecule has 2 aromatic rings. The van der Waals surface area contributed by atoms with Gasteiger partial charge in [0, 0.05) is 5.69 Å². The molecule has 22 heavy (non-hydrogen) atoms. The first kappa shape index (κ1) is 15.3. The Hall–Kier alpha value is -3.09. The maximum Gasteiger partial charge on any atom is 0.259 e. The second-order valence-electron chi connectivity index (χ2n) is 4.40. The Bertz CT molecular complexity index is 687. The van der Waals surface area contributed by atoms with Gasteiger partial charge in [-0.2, -0.15) is 5.10 Å². The highest BCUT2D eigenvalue weighted by Gasteiger charge is 2.01. The van der Waals surface area contributed by atoms with Crippen molar-refractivity contribution in [3.8, 4) is 11.5 Å². The number of hydrogen-bond donors (Lipinski definition) is 4. The lowest BCUT2D eigenvalue weighted by Gasteiger charge is -2.04. The number of nitrogens with zero attached hydrogens (tertiary/aromatic N) is 1. The predicted molar refractivity (Wildman–Crippen MR) is 80.4 cm³/mol. The van der Waals surface area contributed by atoms with E-state index in [1.807, 2.05) is 0 Å². The monoisotopic (exact) mass is 303 g/mol. The van der Waals surface area contributed by atoms with Gasteiger partial charge < -0.3 is 15.5 Å². The van der Waals surface area contributed by atoms with Crippen LogP contribution >= 0.6 is 0 Å². The van der Waals surface area contributed by atoms with Crippen molar-refractivity contribution in [3.63, 3.8) is 0 Å². The Morgan fingerprint density at radius 2 is 1.86 bits per heavy atom. The number of anilines is 1. The Morgan fingerprint density at radius 1 is 1.14 bits per heavy atom. The number of carbonyl (C=O) groups is 1. The SMILES string of the molecule is O=C(CNc1ccc(F)cc1)N/N=C\c1ccc(O)c(O)c1. The van der Waals surface area contributed by atoms with E-state index in [2.05, 4.69) is 15.8 Å². The van der Waals surface area contributed by atoms with Crippen LogP contribution in [0.1, 0.15) is 5.56 Å². The fourth-order valence-corrected chi connectivity index (χ4v) is 1.59. The van der Waals surface area contributed by atoms with Crippen molar-refractivity contribution in [3.05, 3.63) is 53.8 Å². The molecule has 0 fully saturated rings. The zero-order valence-corrected chi connectivity index (χ0v) is 11.5. The molecule has 0 unspecified atom stereocenters. The van der Waals surface area contributed by atoms with Gasteiger partial charge in [-0.15, -0.1) is 0 Å². The molecule has 1 amide bonds. The normalized spacial score (nSPS) is 10.6. The van der Waals surface area contributed by atoms with E-state index in [-0.39, 0.29) is 29.8 Å². The largest absolute Gasteiger partial charge is 0.504 e. The Morgan fingerprint density at radius 3 is 2.55 bits per heavy atom. The third-order valence-corrected chi connectivity index (χ3v) is 2.70. The highest BCUT2D eigenvalue weighted by atomic mass is 19.1. The van der Waals surface area contributed by atoms with Crippen molar-refractivity contribution in [1.29, 1.82) is 0 Å². The molecule has 0 heterocycles. The zero-order valence-electron chi connectivity index (χ0n) is 11.5. The molecular formula is C15H14FN3O3. The summed E-state index contributed by atoms with van der Waals surface area (Å²) in [6.07, 6.45) is 1.33. The van der Waals surface area contributed by atoms with Gasteiger partial charge in [0.25, 0.3) is 5.91 Å². The van der Waals surface area contributed by atoms with Crippen LogP contribution in [0.15, 0.2) is 47.6 Å². The fraction of sp³-hybridized carbons (Fsp3) is 0.0667. The Kier molecular flexibility index (Phi) is 4.92. The number of rotatable bonds is 5. The number of phenolic OH excluding ortho intramolecular Hbond substituents is 2. The van der Waals surface area contributed by atoms with Gasteiger partial charge in [0.2, 0.25) is 0 Å². The van der Waals surface area contributed by atoms with Crippen LogP contribution in [0, 0.1) is 5.82 Å². The summed E-state index contributed by atoms with van der Waals surface area (Å²) in [5, 5.41) is 25.0. The summed E-state index contributed by atoms with van der Waals surface area (Å²) in [5.74, 6) is -1.24. The molecule has 0 aliphatic carbocycles. The third-order valence-electron chi connectivity index (χ3n) is 2.70. The van der Waals surface area contributed by atoms with E-state index in [1.165, 1.54) is 48.7 Å². The third kappa shape index (κ3) is 4.48. The second kappa shape index (κ2) is 7.07. The van der Waals surface area contributed by atoms with E-state index < -0.39 is 0 Å². The zero-order chi connectivity index (χ0) is 15.9. The number of hydrazone groups is 1. The number of hydrogen-bond acceptors (Lipinski definition) is 5. The van der Waals surface area contributed by atoms with Crippen LogP contribution in [-0.2, 0) is 4.79 Å². The number of carbonyl (C=O) groups excluding carboxylic acids is 1. The van der Waals surface area contributed by atoms with E-state index in [0.29, 0.717) is 11.3 Å². The maximum absolute atomic E-state index is 12.7. The van der Waals surface area contributed by atoms with Gasteiger partial charge in [-0.25, -0.2) is 9.82 Å². The molecule has 2 aromatic carbocycles. The number of benzene rings is 2. The molecule has 0 radical (unpaired) electrons. The van der Waals surface area contributed by atoms with E-state index >= 15 is 0 Å². The predicted octanol–water partition coefficient (Wildman–Crippen LogP) is 1.80. The van der Waals surface area contributed by atoms with Crippen LogP contribution < -0.4 is 10.7 Å². The highest BCUT2D eigenvalue weighted by Crippen LogP contribution is 2.23. The van der Waals surface area contributed by atoms with Gasteiger partial charge in [0.1, 0.15) is 5.82 Å². The molecule has 0 saturated carbocycles. The Balaban J connectivity index is 1.80. The summed E-state index contributed by atoms with van der Waals surface area (Å²) < 4.78 is 12.7. The molecule has 0 aliphatic rings. The average Bonchev–Trinajstić information content (AvgIpc) is 2.50. The van der Waals surface area contributed by atoms with E-state index in [4.69, 9.17) is 5.11 Å². The lowest BCUT2D eigenvalue weighted by molar-refractivity contribution is -0.119. The van der Waals surface area contributed by atoms with Crippen molar-refractivity contribution in [1.82, 2.24) is 5.43 Å². The lowest BCUT2D eigenvalue weighted by atomic mass is 10.2. The molecule has 2 rings (SSSR count). The molecule has 0 saturated heterocycles. The van der Waals surface area contributed by atoms with Crippen molar-refractivity contribution in [2.75, 3.05) is 11.9 Å². The average molecular weight is 303 g/mol. The topological polar surface area (TPSA) is 94.0 Å². The van der Waals surface area contributed by atoms with Gasteiger partial charge in [-0.3, -0.25) is 4.79 Å². The quantitative estimate of drug-likeness (QED) is 0.385. The molecule has 7 heteroatoms. The summed E-state index contributed by atoms with van der Waals surface area (Å²) >= 11 is 0. The number of phenols is 2. The summed E-state index contributed by atoms with van der Waals surface area (Å²) in [6, 6.07) is 9.76. The molecule has 4 N–H and O–H groups in total. The highest BCUT2D eigenvalue weighted by molar-refractivity contribution is 5.84. The van der Waals surface area contributed by atoms with E-state index in [0.717, 1.165) is 0 Å². The molecule has 0 bridgehead atoms. The van der Waals surface area contributed by atoms with Gasteiger partial charge in [-0.1, -0.05) is 0 Å². The number of amides is 1. The van der Waals surface area contributed by atoms with Crippen molar-refractivity contribution in [2.45, 2.75) is 0 Å². The first-order valence-corrected chi connectivity index (χ1v) is 6.38. The summed E-state index contributed by atoms with van der Waals surface area (Å²) in [5.41, 5.74) is 3.43. The molecule has 0 aromatic heterocycles.